The second-order valence-electron chi connectivity index (χ2n) is 6.33. The number of thioether (sulfide) groups is 1. The summed E-state index contributed by atoms with van der Waals surface area (Å²) in [7, 11) is 0. The average Bonchev–Trinajstić information content (AvgIpc) is 3.30. The van der Waals surface area contributed by atoms with E-state index in [1.807, 2.05) is 0 Å². The van der Waals surface area contributed by atoms with Crippen molar-refractivity contribution in [2.75, 3.05) is 12.3 Å². The van der Waals surface area contributed by atoms with Gasteiger partial charge in [0.15, 0.2) is 5.16 Å². The van der Waals surface area contributed by atoms with Crippen molar-refractivity contribution in [2.45, 2.75) is 43.8 Å². The van der Waals surface area contributed by atoms with Gasteiger partial charge in [0, 0.05) is 19.0 Å². The molecule has 0 bridgehead atoms. The fraction of sp³-hybridized carbons (Fsp3) is 0.421. The molecule has 5 nitrogen and oxygen atoms in total. The number of aryl methyl sites for hydroxylation is 1. The summed E-state index contributed by atoms with van der Waals surface area (Å²) in [6.07, 6.45) is 2.79. The van der Waals surface area contributed by atoms with E-state index in [2.05, 4.69) is 64.8 Å². The molecule has 1 amide bonds. The quantitative estimate of drug-likeness (QED) is 0.582. The third-order valence-electron chi connectivity index (χ3n) is 4.47. The molecule has 1 aliphatic carbocycles. The molecule has 1 aliphatic rings. The summed E-state index contributed by atoms with van der Waals surface area (Å²) in [4.78, 5) is 11.8. The summed E-state index contributed by atoms with van der Waals surface area (Å²) in [6, 6.07) is 8.76. The number of carbonyl (C=O) groups is 1. The van der Waals surface area contributed by atoms with Crippen molar-refractivity contribution in [3.63, 3.8) is 0 Å². The molecule has 1 aromatic heterocycles. The van der Waals surface area contributed by atoms with Gasteiger partial charge in [-0.3, -0.25) is 4.79 Å². The van der Waals surface area contributed by atoms with Crippen LogP contribution in [0.4, 0.5) is 0 Å². The van der Waals surface area contributed by atoms with Gasteiger partial charge >= 0.3 is 0 Å². The fourth-order valence-corrected chi connectivity index (χ4v) is 3.85. The number of aromatic nitrogens is 3. The Labute approximate surface area is 152 Å². The maximum atomic E-state index is 11.8. The molecular formula is C19H24N4OS. The van der Waals surface area contributed by atoms with E-state index in [1.165, 1.54) is 22.9 Å². The van der Waals surface area contributed by atoms with Gasteiger partial charge in [-0.2, -0.15) is 0 Å². The summed E-state index contributed by atoms with van der Waals surface area (Å²) in [5.74, 6) is 2.34. The van der Waals surface area contributed by atoms with E-state index in [0.29, 0.717) is 24.1 Å². The molecule has 2 aromatic rings. The van der Waals surface area contributed by atoms with Gasteiger partial charge in [-0.15, -0.1) is 16.8 Å². The van der Waals surface area contributed by atoms with Crippen LogP contribution in [0.1, 0.15) is 42.1 Å². The van der Waals surface area contributed by atoms with E-state index in [0.717, 1.165) is 23.9 Å². The zero-order valence-electron chi connectivity index (χ0n) is 14.7. The molecule has 1 heterocycles. The lowest BCUT2D eigenvalue weighted by Crippen LogP contribution is -2.25. The van der Waals surface area contributed by atoms with Crippen LogP contribution in [0.25, 0.3) is 0 Å². The summed E-state index contributed by atoms with van der Waals surface area (Å²) in [6.45, 7) is 9.11. The molecule has 0 unspecified atom stereocenters. The molecule has 3 rings (SSSR count). The smallest absolute Gasteiger partial charge is 0.230 e. The van der Waals surface area contributed by atoms with Crippen molar-refractivity contribution in [2.24, 2.45) is 0 Å². The van der Waals surface area contributed by atoms with Crippen molar-refractivity contribution in [3.05, 3.63) is 53.9 Å². The third kappa shape index (κ3) is 4.12. The lowest BCUT2D eigenvalue weighted by Gasteiger charge is -2.07. The maximum absolute atomic E-state index is 11.8. The number of nitrogens with zero attached hydrogens (tertiary/aromatic N) is 3. The highest BCUT2D eigenvalue weighted by molar-refractivity contribution is 7.99. The minimum Gasteiger partial charge on any atom is -0.352 e. The predicted octanol–water partition coefficient (Wildman–Crippen LogP) is 3.27. The number of amides is 1. The van der Waals surface area contributed by atoms with Crippen LogP contribution >= 0.6 is 11.8 Å². The molecule has 1 fully saturated rings. The zero-order chi connectivity index (χ0) is 17.8. The van der Waals surface area contributed by atoms with E-state index in [9.17, 15) is 4.79 Å². The molecule has 0 aliphatic heterocycles. The molecule has 2 atom stereocenters. The lowest BCUT2D eigenvalue weighted by atomic mass is 10.1. The van der Waals surface area contributed by atoms with Gasteiger partial charge in [-0.1, -0.05) is 47.7 Å². The first-order valence-corrected chi connectivity index (χ1v) is 9.62. The van der Waals surface area contributed by atoms with Crippen molar-refractivity contribution < 1.29 is 4.79 Å². The van der Waals surface area contributed by atoms with Crippen LogP contribution in [-0.4, -0.2) is 33.0 Å². The van der Waals surface area contributed by atoms with Gasteiger partial charge in [0.05, 0.1) is 5.75 Å². The number of carbonyl (C=O) groups excluding carboxylic acids is 1. The monoisotopic (exact) mass is 356 g/mol. The zero-order valence-corrected chi connectivity index (χ0v) is 15.6. The maximum Gasteiger partial charge on any atom is 0.230 e. The predicted molar refractivity (Wildman–Crippen MR) is 101 cm³/mol. The number of rotatable bonds is 8. The largest absolute Gasteiger partial charge is 0.352 e. The van der Waals surface area contributed by atoms with Crippen molar-refractivity contribution >= 4 is 17.7 Å². The van der Waals surface area contributed by atoms with E-state index in [-0.39, 0.29) is 5.91 Å². The van der Waals surface area contributed by atoms with Crippen LogP contribution in [0, 0.1) is 6.92 Å². The summed E-state index contributed by atoms with van der Waals surface area (Å²) < 4.78 is 2.14. The van der Waals surface area contributed by atoms with E-state index < -0.39 is 0 Å². The Kier molecular flexibility index (Phi) is 5.58. The normalized spacial score (nSPS) is 18.8. The first kappa shape index (κ1) is 17.7. The number of hydrogen-bond donors (Lipinski definition) is 1. The minimum atomic E-state index is -0.0129. The summed E-state index contributed by atoms with van der Waals surface area (Å²) >= 11 is 1.44. The topological polar surface area (TPSA) is 59.8 Å². The van der Waals surface area contributed by atoms with Gasteiger partial charge in [0.1, 0.15) is 5.82 Å². The fourth-order valence-electron chi connectivity index (χ4n) is 3.01. The second-order valence-corrected chi connectivity index (χ2v) is 7.27. The lowest BCUT2D eigenvalue weighted by molar-refractivity contribution is -0.118. The highest BCUT2D eigenvalue weighted by atomic mass is 32.2. The van der Waals surface area contributed by atoms with Crippen molar-refractivity contribution in [1.29, 1.82) is 0 Å². The van der Waals surface area contributed by atoms with Gasteiger partial charge in [-0.25, -0.2) is 0 Å². The minimum absolute atomic E-state index is 0.0129. The number of nitrogens with one attached hydrogen (secondary N) is 1. The van der Waals surface area contributed by atoms with Crippen LogP contribution in [0.15, 0.2) is 42.1 Å². The molecule has 25 heavy (non-hydrogen) atoms. The van der Waals surface area contributed by atoms with E-state index >= 15 is 0 Å². The highest BCUT2D eigenvalue weighted by Crippen LogP contribution is 2.54. The molecule has 0 radical (unpaired) electrons. The standard InChI is InChI=1S/C19H24N4OS/c1-4-10-20-17(24)12-25-19-22-21-18(23(19)5-2)16-11-15(16)14-8-6-13(3)7-9-14/h4,6-9,15-16H,1,5,10-12H2,2-3H3,(H,20,24)/t15-,16+/m0/s1. The molecule has 1 saturated carbocycles. The van der Waals surface area contributed by atoms with E-state index in [1.54, 1.807) is 6.08 Å². The summed E-state index contributed by atoms with van der Waals surface area (Å²) in [5.41, 5.74) is 2.66. The van der Waals surface area contributed by atoms with Crippen LogP contribution < -0.4 is 5.32 Å². The van der Waals surface area contributed by atoms with Gasteiger partial charge in [-0.05, 0) is 31.7 Å². The summed E-state index contributed by atoms with van der Waals surface area (Å²) in [5, 5.41) is 12.3. The average molecular weight is 356 g/mol. The van der Waals surface area contributed by atoms with Crippen LogP contribution in [-0.2, 0) is 11.3 Å². The van der Waals surface area contributed by atoms with Gasteiger partial charge in [0.2, 0.25) is 5.91 Å². The second kappa shape index (κ2) is 7.87. The van der Waals surface area contributed by atoms with Crippen molar-refractivity contribution in [1.82, 2.24) is 20.1 Å². The molecular weight excluding hydrogens is 332 g/mol. The Balaban J connectivity index is 1.65. The first-order valence-electron chi connectivity index (χ1n) is 8.64. The Hall–Kier alpha value is -2.08. The SMILES string of the molecule is C=CCNC(=O)CSc1nnc([C@@H]2C[C@H]2c2ccc(C)cc2)n1CC. The van der Waals surface area contributed by atoms with Crippen LogP contribution in [0.3, 0.4) is 0 Å². The number of hydrogen-bond acceptors (Lipinski definition) is 4. The van der Waals surface area contributed by atoms with Gasteiger partial charge < -0.3 is 9.88 Å². The highest BCUT2D eigenvalue weighted by Gasteiger charge is 2.43. The molecule has 6 heteroatoms. The Morgan fingerprint density at radius 2 is 2.12 bits per heavy atom. The molecule has 132 valence electrons. The van der Waals surface area contributed by atoms with Crippen LogP contribution in [0.5, 0.6) is 0 Å². The van der Waals surface area contributed by atoms with E-state index in [4.69, 9.17) is 0 Å². The Morgan fingerprint density at radius 3 is 2.80 bits per heavy atom. The molecule has 0 saturated heterocycles. The molecule has 1 aromatic carbocycles. The molecule has 0 spiro atoms. The Bertz CT molecular complexity index is 753. The third-order valence-corrected chi connectivity index (χ3v) is 5.43. The first-order chi connectivity index (χ1) is 12.1. The van der Waals surface area contributed by atoms with Crippen molar-refractivity contribution in [3.8, 4) is 0 Å². The van der Waals surface area contributed by atoms with Gasteiger partial charge in [0.25, 0.3) is 0 Å². The van der Waals surface area contributed by atoms with Crippen LogP contribution in [0.2, 0.25) is 0 Å². The Morgan fingerprint density at radius 1 is 1.36 bits per heavy atom. The number of benzene rings is 1. The molecule has 1 N–H and O–H groups in total.